The smallest absolute Gasteiger partial charge is 0.397 e. The van der Waals surface area contributed by atoms with E-state index in [2.05, 4.69) is 16.0 Å². The molecule has 12 nitrogen and oxygen atoms in total. The predicted octanol–water partition coefficient (Wildman–Crippen LogP) is 3.77. The SMILES string of the molecule is Nc1c(Cl)cc(CC(CC(=O)N2CCC(N3CCc4ccccc4NC3=O)CC2)C(=O)N2CCC3(CC2)NC(=O)NC3=O)cc1C(F)(F)F. The molecule has 4 aliphatic rings. The van der Waals surface area contributed by atoms with Crippen molar-refractivity contribution in [1.29, 1.82) is 0 Å². The number of likely N-dealkylation sites (tertiary alicyclic amines) is 2. The van der Waals surface area contributed by atoms with E-state index in [1.165, 1.54) is 11.0 Å². The zero-order valence-electron chi connectivity index (χ0n) is 26.6. The number of para-hydroxylation sites is 1. The number of hydrogen-bond donors (Lipinski definition) is 4. The summed E-state index contributed by atoms with van der Waals surface area (Å²) in [4.78, 5) is 69.8. The van der Waals surface area contributed by atoms with Gasteiger partial charge < -0.3 is 31.1 Å². The topological polar surface area (TPSA) is 157 Å². The van der Waals surface area contributed by atoms with E-state index in [0.717, 1.165) is 17.3 Å². The Balaban J connectivity index is 1.15. The Morgan fingerprint density at radius 2 is 1.67 bits per heavy atom. The van der Waals surface area contributed by atoms with E-state index in [9.17, 15) is 37.1 Å². The number of nitrogen functional groups attached to an aromatic ring is 1. The van der Waals surface area contributed by atoms with Crippen LogP contribution in [0.3, 0.4) is 0 Å². The van der Waals surface area contributed by atoms with Crippen LogP contribution in [-0.4, -0.2) is 88.8 Å². The number of amides is 7. The molecule has 0 radical (unpaired) electrons. The number of imide groups is 1. The summed E-state index contributed by atoms with van der Waals surface area (Å²) >= 11 is 6.08. The summed E-state index contributed by atoms with van der Waals surface area (Å²) in [5.74, 6) is -2.30. The van der Waals surface area contributed by atoms with Crippen molar-refractivity contribution in [2.75, 3.05) is 43.8 Å². The number of nitrogens with two attached hydrogens (primary N) is 1. The van der Waals surface area contributed by atoms with Gasteiger partial charge in [-0.3, -0.25) is 19.7 Å². The lowest BCUT2D eigenvalue weighted by molar-refractivity contribution is -0.143. The van der Waals surface area contributed by atoms with Gasteiger partial charge in [0.1, 0.15) is 5.54 Å². The molecule has 1 atom stereocenters. The number of hydrogen-bond acceptors (Lipinski definition) is 6. The Kier molecular flexibility index (Phi) is 9.40. The van der Waals surface area contributed by atoms with Crippen LogP contribution in [-0.2, 0) is 33.4 Å². The number of nitrogens with one attached hydrogen (secondary N) is 3. The van der Waals surface area contributed by atoms with Crippen molar-refractivity contribution in [2.45, 2.75) is 62.7 Å². The fourth-order valence-corrected chi connectivity index (χ4v) is 7.55. The van der Waals surface area contributed by atoms with Gasteiger partial charge in [0.25, 0.3) is 5.91 Å². The molecule has 1 unspecified atom stereocenters. The summed E-state index contributed by atoms with van der Waals surface area (Å²) in [6.45, 7) is 1.41. The number of carbonyl (C=O) groups excluding carboxylic acids is 5. The van der Waals surface area contributed by atoms with Crippen molar-refractivity contribution in [3.8, 4) is 0 Å². The first kappa shape index (κ1) is 34.3. The molecule has 49 heavy (non-hydrogen) atoms. The van der Waals surface area contributed by atoms with Gasteiger partial charge in [-0.1, -0.05) is 29.8 Å². The highest BCUT2D eigenvalue weighted by atomic mass is 35.5. The molecule has 2 aromatic rings. The van der Waals surface area contributed by atoms with E-state index in [0.29, 0.717) is 38.9 Å². The molecule has 7 amide bonds. The van der Waals surface area contributed by atoms with Crippen LogP contribution in [0.15, 0.2) is 36.4 Å². The summed E-state index contributed by atoms with van der Waals surface area (Å²) in [5.41, 5.74) is 4.67. The summed E-state index contributed by atoms with van der Waals surface area (Å²) in [6.07, 6.45) is -3.24. The summed E-state index contributed by atoms with van der Waals surface area (Å²) in [6, 6.07) is 8.86. The van der Waals surface area contributed by atoms with E-state index < -0.39 is 46.7 Å². The maximum absolute atomic E-state index is 14.0. The fourth-order valence-electron chi connectivity index (χ4n) is 7.31. The van der Waals surface area contributed by atoms with Gasteiger partial charge in [0.15, 0.2) is 0 Å². The first-order valence-electron chi connectivity index (χ1n) is 16.2. The van der Waals surface area contributed by atoms with Crippen LogP contribution >= 0.6 is 11.6 Å². The van der Waals surface area contributed by atoms with Crippen LogP contribution in [0.4, 0.5) is 34.1 Å². The number of carbonyl (C=O) groups is 5. The van der Waals surface area contributed by atoms with Gasteiger partial charge in [0.2, 0.25) is 11.8 Å². The van der Waals surface area contributed by atoms with Crippen molar-refractivity contribution < 1.29 is 37.1 Å². The minimum absolute atomic E-state index is 0.0950. The van der Waals surface area contributed by atoms with Gasteiger partial charge in [0.05, 0.1) is 22.2 Å². The first-order valence-corrected chi connectivity index (χ1v) is 16.6. The number of alkyl halides is 3. The molecular weight excluding hydrogens is 667 g/mol. The summed E-state index contributed by atoms with van der Waals surface area (Å²) < 4.78 is 41.3. The summed E-state index contributed by atoms with van der Waals surface area (Å²) in [5, 5.41) is 7.51. The Morgan fingerprint density at radius 3 is 2.33 bits per heavy atom. The van der Waals surface area contributed by atoms with Crippen LogP contribution in [0.2, 0.25) is 5.02 Å². The third-order valence-electron chi connectivity index (χ3n) is 10.1. The molecule has 6 rings (SSSR count). The molecule has 0 aromatic heterocycles. The van der Waals surface area contributed by atoms with Gasteiger partial charge in [-0.2, -0.15) is 13.2 Å². The maximum atomic E-state index is 14.0. The van der Waals surface area contributed by atoms with E-state index in [4.69, 9.17) is 17.3 Å². The Bertz CT molecular complexity index is 1670. The molecule has 3 saturated heterocycles. The second kappa shape index (κ2) is 13.4. The third kappa shape index (κ3) is 7.12. The van der Waals surface area contributed by atoms with Crippen LogP contribution in [0.1, 0.15) is 48.8 Å². The predicted molar refractivity (Wildman–Crippen MR) is 173 cm³/mol. The van der Waals surface area contributed by atoms with Crippen LogP contribution in [0.5, 0.6) is 0 Å². The van der Waals surface area contributed by atoms with Gasteiger partial charge in [0, 0.05) is 50.9 Å². The zero-order chi connectivity index (χ0) is 35.1. The van der Waals surface area contributed by atoms with E-state index in [1.54, 1.807) is 9.80 Å². The number of nitrogens with zero attached hydrogens (tertiary/aromatic N) is 3. The second-order valence-corrected chi connectivity index (χ2v) is 13.5. The molecular formula is C33H37ClF3N7O5. The average Bonchev–Trinajstić information content (AvgIpc) is 3.22. The highest BCUT2D eigenvalue weighted by molar-refractivity contribution is 6.33. The molecule has 0 bridgehead atoms. The highest BCUT2D eigenvalue weighted by Crippen LogP contribution is 2.39. The van der Waals surface area contributed by atoms with Crippen molar-refractivity contribution >= 4 is 52.8 Å². The normalized spacial score (nSPS) is 20.3. The second-order valence-electron chi connectivity index (χ2n) is 13.1. The Labute approximate surface area is 285 Å². The van der Waals surface area contributed by atoms with Gasteiger partial charge >= 0.3 is 18.2 Å². The minimum Gasteiger partial charge on any atom is -0.397 e. The number of anilines is 2. The molecule has 1 spiro atoms. The van der Waals surface area contributed by atoms with Crippen LogP contribution in [0, 0.1) is 5.92 Å². The largest absolute Gasteiger partial charge is 0.418 e. The lowest BCUT2D eigenvalue weighted by Gasteiger charge is -2.39. The van der Waals surface area contributed by atoms with E-state index in [-0.39, 0.29) is 67.3 Å². The van der Waals surface area contributed by atoms with Gasteiger partial charge in [-0.15, -0.1) is 0 Å². The molecule has 4 heterocycles. The first-order chi connectivity index (χ1) is 23.2. The zero-order valence-corrected chi connectivity index (χ0v) is 27.3. The molecule has 4 aliphatic heterocycles. The number of rotatable bonds is 6. The van der Waals surface area contributed by atoms with Crippen molar-refractivity contribution in [2.24, 2.45) is 5.92 Å². The third-order valence-corrected chi connectivity index (χ3v) is 10.4. The van der Waals surface area contributed by atoms with E-state index in [1.807, 2.05) is 24.3 Å². The minimum atomic E-state index is -4.79. The highest BCUT2D eigenvalue weighted by Gasteiger charge is 2.49. The molecule has 3 fully saturated rings. The van der Waals surface area contributed by atoms with Crippen molar-refractivity contribution in [3.63, 3.8) is 0 Å². The lowest BCUT2D eigenvalue weighted by atomic mass is 9.86. The van der Waals surface area contributed by atoms with Crippen molar-refractivity contribution in [3.05, 3.63) is 58.1 Å². The Hall–Kier alpha value is -4.53. The molecule has 0 aliphatic carbocycles. The summed E-state index contributed by atoms with van der Waals surface area (Å²) in [7, 11) is 0. The number of halogens is 4. The number of piperidine rings is 2. The molecule has 262 valence electrons. The standard InChI is InChI=1S/C33H37ClF3N7O5/c34-24-17-19(16-23(27(24)38)33(35,36)37)15-21(28(46)43-13-8-32(9-14-43)29(47)40-30(48)41-32)18-26(45)42-10-6-22(7-11-42)44-12-5-20-3-1-2-4-25(20)39-31(44)49/h1-4,16-17,21-22H,5-15,18,38H2,(H,39,49)(H2,40,41,47,48). The maximum Gasteiger partial charge on any atom is 0.418 e. The van der Waals surface area contributed by atoms with E-state index >= 15 is 0 Å². The fraction of sp³-hybridized carbons (Fsp3) is 0.485. The van der Waals surface area contributed by atoms with Crippen molar-refractivity contribution in [1.82, 2.24) is 25.3 Å². The number of benzene rings is 2. The molecule has 0 saturated carbocycles. The number of urea groups is 2. The van der Waals surface area contributed by atoms with Gasteiger partial charge in [-0.05, 0) is 67.9 Å². The van der Waals surface area contributed by atoms with Gasteiger partial charge in [-0.25, -0.2) is 9.59 Å². The molecule has 16 heteroatoms. The monoisotopic (exact) mass is 703 g/mol. The van der Waals surface area contributed by atoms with Crippen LogP contribution in [0.25, 0.3) is 0 Å². The van der Waals surface area contributed by atoms with Crippen LogP contribution < -0.4 is 21.7 Å². The number of fused-ring (bicyclic) bond motifs is 1. The molecule has 2 aromatic carbocycles. The lowest BCUT2D eigenvalue weighted by Crippen LogP contribution is -2.56. The average molecular weight is 704 g/mol. The molecule has 5 N–H and O–H groups in total. The quantitative estimate of drug-likeness (QED) is 0.265. The Morgan fingerprint density at radius 1 is 0.980 bits per heavy atom.